The van der Waals surface area contributed by atoms with E-state index in [1.165, 1.54) is 0 Å². The number of carbonyl (C=O) groups is 1. The molecule has 0 unspecified atom stereocenters. The van der Waals surface area contributed by atoms with E-state index in [1.54, 1.807) is 18.7 Å². The maximum atomic E-state index is 11.2. The number of aryl methyl sites for hydroxylation is 1. The summed E-state index contributed by atoms with van der Waals surface area (Å²) in [4.78, 5) is 11.2. The van der Waals surface area contributed by atoms with Crippen molar-refractivity contribution in [3.05, 3.63) is 59.1 Å². The molecule has 0 atom stereocenters. The van der Waals surface area contributed by atoms with Gasteiger partial charge in [0.15, 0.2) is 11.0 Å². The number of halogens is 1. The van der Waals surface area contributed by atoms with Crippen LogP contribution in [0.2, 0.25) is 5.02 Å². The van der Waals surface area contributed by atoms with Crippen LogP contribution in [0.3, 0.4) is 0 Å². The molecule has 0 aliphatic carbocycles. The molecule has 26 heavy (non-hydrogen) atoms. The first-order valence-electron chi connectivity index (χ1n) is 8.46. The molecule has 1 aromatic heterocycles. The molecule has 3 aromatic rings. The second kappa shape index (κ2) is 8.52. The van der Waals surface area contributed by atoms with E-state index in [0.717, 1.165) is 40.0 Å². The number of carbonyl (C=O) groups excluding carboxylic acids is 1. The predicted octanol–water partition coefficient (Wildman–Crippen LogP) is 5.36. The van der Waals surface area contributed by atoms with Gasteiger partial charge in [0.05, 0.1) is 5.69 Å². The van der Waals surface area contributed by atoms with Gasteiger partial charge in [-0.25, -0.2) is 0 Å². The molecule has 134 valence electrons. The molecule has 1 heterocycles. The smallest absolute Gasteiger partial charge is 0.196 e. The number of nitrogens with zero attached hydrogens (tertiary/aromatic N) is 3. The van der Waals surface area contributed by atoms with Crippen molar-refractivity contribution < 1.29 is 4.79 Å². The molecule has 0 saturated carbocycles. The summed E-state index contributed by atoms with van der Waals surface area (Å²) in [6, 6.07) is 15.8. The molecule has 0 aliphatic rings. The molecule has 0 aliphatic heterocycles. The van der Waals surface area contributed by atoms with Crippen LogP contribution in [0.15, 0.2) is 53.7 Å². The molecule has 0 amide bonds. The van der Waals surface area contributed by atoms with Crippen LogP contribution in [0.25, 0.3) is 17.1 Å². The van der Waals surface area contributed by atoms with E-state index < -0.39 is 0 Å². The van der Waals surface area contributed by atoms with Crippen molar-refractivity contribution in [2.75, 3.05) is 5.75 Å². The molecule has 3 rings (SSSR count). The molecule has 6 heteroatoms. The topological polar surface area (TPSA) is 47.8 Å². The highest BCUT2D eigenvalue weighted by molar-refractivity contribution is 7.99. The van der Waals surface area contributed by atoms with Crippen LogP contribution in [0.4, 0.5) is 0 Å². The van der Waals surface area contributed by atoms with Crippen LogP contribution in [0.1, 0.15) is 25.3 Å². The Hall–Kier alpha value is -2.11. The van der Waals surface area contributed by atoms with E-state index in [0.29, 0.717) is 11.4 Å². The Morgan fingerprint density at radius 1 is 1.12 bits per heavy atom. The van der Waals surface area contributed by atoms with Gasteiger partial charge >= 0.3 is 0 Å². The maximum absolute atomic E-state index is 11.2. The van der Waals surface area contributed by atoms with Crippen LogP contribution in [-0.4, -0.2) is 26.3 Å². The van der Waals surface area contributed by atoms with Crippen molar-refractivity contribution in [2.45, 2.75) is 31.8 Å². The summed E-state index contributed by atoms with van der Waals surface area (Å²) in [5.41, 5.74) is 3.16. The first-order valence-corrected chi connectivity index (χ1v) is 9.82. The van der Waals surface area contributed by atoms with Gasteiger partial charge in [-0.15, -0.1) is 10.2 Å². The van der Waals surface area contributed by atoms with E-state index in [-0.39, 0.29) is 5.78 Å². The highest BCUT2D eigenvalue weighted by atomic mass is 35.5. The van der Waals surface area contributed by atoms with E-state index in [2.05, 4.69) is 33.8 Å². The van der Waals surface area contributed by atoms with Crippen LogP contribution >= 0.6 is 23.4 Å². The van der Waals surface area contributed by atoms with Crippen molar-refractivity contribution in [3.8, 4) is 17.1 Å². The number of rotatable bonds is 7. The van der Waals surface area contributed by atoms with Gasteiger partial charge in [0.2, 0.25) is 0 Å². The van der Waals surface area contributed by atoms with Crippen molar-refractivity contribution in [3.63, 3.8) is 0 Å². The Labute approximate surface area is 162 Å². The van der Waals surface area contributed by atoms with Crippen LogP contribution in [-0.2, 0) is 4.79 Å². The highest BCUT2D eigenvalue weighted by Crippen LogP contribution is 2.30. The zero-order chi connectivity index (χ0) is 18.5. The molecule has 0 N–H and O–H groups in total. The summed E-state index contributed by atoms with van der Waals surface area (Å²) >= 11 is 7.64. The van der Waals surface area contributed by atoms with Gasteiger partial charge in [-0.3, -0.25) is 4.57 Å². The largest absolute Gasteiger partial charge is 0.300 e. The summed E-state index contributed by atoms with van der Waals surface area (Å²) < 4.78 is 2.08. The number of thioether (sulfide) groups is 1. The summed E-state index contributed by atoms with van der Waals surface area (Å²) in [5, 5.41) is 10.4. The van der Waals surface area contributed by atoms with Crippen LogP contribution in [0, 0.1) is 6.92 Å². The standard InChI is InChI=1S/C20H20ClN3OS/c1-14-6-3-4-8-18(14)24-19(16-9-11-17(21)12-10-16)22-23-20(24)26-13-5-7-15(2)25/h3-4,6,8-12H,5,7,13H2,1-2H3. The molecular weight excluding hydrogens is 366 g/mol. The molecule has 0 saturated heterocycles. The quantitative estimate of drug-likeness (QED) is 0.406. The van der Waals surface area contributed by atoms with Gasteiger partial charge < -0.3 is 4.79 Å². The summed E-state index contributed by atoms with van der Waals surface area (Å²) in [5.74, 6) is 1.82. The Bertz CT molecular complexity index is 906. The highest BCUT2D eigenvalue weighted by Gasteiger charge is 2.17. The Kier molecular flexibility index (Phi) is 6.12. The van der Waals surface area contributed by atoms with E-state index >= 15 is 0 Å². The van der Waals surface area contributed by atoms with Gasteiger partial charge in [-0.1, -0.05) is 41.6 Å². The Balaban J connectivity index is 1.98. The normalized spacial score (nSPS) is 10.9. The van der Waals surface area contributed by atoms with Crippen molar-refractivity contribution in [1.82, 2.24) is 14.8 Å². The van der Waals surface area contributed by atoms with Crippen molar-refractivity contribution in [1.29, 1.82) is 0 Å². The van der Waals surface area contributed by atoms with Crippen LogP contribution in [0.5, 0.6) is 0 Å². The van der Waals surface area contributed by atoms with Crippen molar-refractivity contribution >= 4 is 29.1 Å². The monoisotopic (exact) mass is 385 g/mol. The van der Waals surface area contributed by atoms with Gasteiger partial charge in [0, 0.05) is 22.8 Å². The second-order valence-electron chi connectivity index (χ2n) is 6.09. The predicted molar refractivity (Wildman–Crippen MR) is 107 cm³/mol. The molecular formula is C20H20ClN3OS. The minimum Gasteiger partial charge on any atom is -0.300 e. The van der Waals surface area contributed by atoms with E-state index in [9.17, 15) is 4.79 Å². The fourth-order valence-electron chi connectivity index (χ4n) is 2.67. The third-order valence-electron chi connectivity index (χ3n) is 4.00. The van der Waals surface area contributed by atoms with E-state index in [4.69, 9.17) is 11.6 Å². The number of hydrogen-bond donors (Lipinski definition) is 0. The van der Waals surface area contributed by atoms with Crippen LogP contribution < -0.4 is 0 Å². The lowest BCUT2D eigenvalue weighted by Gasteiger charge is -2.13. The number of Topliss-reactive ketones (excluding diaryl/α,β-unsaturated/α-hetero) is 1. The fourth-order valence-corrected chi connectivity index (χ4v) is 3.68. The first-order chi connectivity index (χ1) is 12.6. The lowest BCUT2D eigenvalue weighted by molar-refractivity contribution is -0.117. The average Bonchev–Trinajstić information content (AvgIpc) is 3.03. The SMILES string of the molecule is CC(=O)CCCSc1nnc(-c2ccc(Cl)cc2)n1-c1ccccc1C. The maximum Gasteiger partial charge on any atom is 0.196 e. The lowest BCUT2D eigenvalue weighted by Crippen LogP contribution is -2.02. The minimum absolute atomic E-state index is 0.216. The number of ketones is 1. The Morgan fingerprint density at radius 2 is 1.85 bits per heavy atom. The molecule has 0 spiro atoms. The number of hydrogen-bond acceptors (Lipinski definition) is 4. The van der Waals surface area contributed by atoms with Crippen molar-refractivity contribution in [2.24, 2.45) is 0 Å². The first kappa shape index (κ1) is 18.7. The fraction of sp³-hybridized carbons (Fsp3) is 0.250. The minimum atomic E-state index is 0.216. The number of para-hydroxylation sites is 1. The van der Waals surface area contributed by atoms with Gasteiger partial charge in [0.25, 0.3) is 0 Å². The van der Waals surface area contributed by atoms with Gasteiger partial charge in [0.1, 0.15) is 5.78 Å². The number of benzene rings is 2. The molecule has 2 aromatic carbocycles. The van der Waals surface area contributed by atoms with E-state index in [1.807, 2.05) is 36.4 Å². The number of aromatic nitrogens is 3. The molecule has 0 radical (unpaired) electrons. The molecule has 4 nitrogen and oxygen atoms in total. The third kappa shape index (κ3) is 4.34. The zero-order valence-corrected chi connectivity index (χ0v) is 16.3. The lowest BCUT2D eigenvalue weighted by atomic mass is 10.1. The summed E-state index contributed by atoms with van der Waals surface area (Å²) in [7, 11) is 0. The summed E-state index contributed by atoms with van der Waals surface area (Å²) in [6.45, 7) is 3.70. The second-order valence-corrected chi connectivity index (χ2v) is 7.59. The zero-order valence-electron chi connectivity index (χ0n) is 14.8. The van der Waals surface area contributed by atoms with Gasteiger partial charge in [-0.2, -0.15) is 0 Å². The summed E-state index contributed by atoms with van der Waals surface area (Å²) in [6.07, 6.45) is 1.42. The Morgan fingerprint density at radius 3 is 2.54 bits per heavy atom. The molecule has 0 bridgehead atoms. The van der Waals surface area contributed by atoms with Gasteiger partial charge in [-0.05, 0) is 56.2 Å². The third-order valence-corrected chi connectivity index (χ3v) is 5.26. The molecule has 0 fully saturated rings. The average molecular weight is 386 g/mol.